The molecule has 0 aromatic heterocycles. The molecule has 0 saturated carbocycles. The predicted octanol–water partition coefficient (Wildman–Crippen LogP) is 8.54. The third-order valence-corrected chi connectivity index (χ3v) is 7.83. The number of hydrogen-bond donors (Lipinski definition) is 0. The van der Waals surface area contributed by atoms with E-state index in [0.717, 1.165) is 16.9 Å². The second-order valence-electron chi connectivity index (χ2n) is 7.74. The number of thioether (sulfide) groups is 1. The van der Waals surface area contributed by atoms with Crippen LogP contribution in [0.15, 0.2) is 64.0 Å². The average Bonchev–Trinajstić information content (AvgIpc) is 3.14. The highest BCUT2D eigenvalue weighted by Gasteiger charge is 2.33. The maximum atomic E-state index is 13.2. The minimum Gasteiger partial charge on any atom is -0.494 e. The van der Waals surface area contributed by atoms with E-state index in [2.05, 4.69) is 15.9 Å². The molecule has 1 fully saturated rings. The lowest BCUT2D eigenvalue weighted by atomic mass is 10.1. The van der Waals surface area contributed by atoms with Crippen molar-refractivity contribution in [2.45, 2.75) is 20.5 Å². The van der Waals surface area contributed by atoms with E-state index >= 15 is 0 Å². The van der Waals surface area contributed by atoms with Crippen molar-refractivity contribution in [1.29, 1.82) is 0 Å². The third-order valence-electron chi connectivity index (χ3n) is 5.20. The van der Waals surface area contributed by atoms with E-state index in [0.29, 0.717) is 54.1 Å². The fourth-order valence-corrected chi connectivity index (χ4v) is 5.75. The van der Waals surface area contributed by atoms with Gasteiger partial charge in [-0.15, -0.1) is 0 Å². The van der Waals surface area contributed by atoms with Crippen molar-refractivity contribution in [1.82, 2.24) is 0 Å². The van der Waals surface area contributed by atoms with Crippen molar-refractivity contribution < 1.29 is 19.0 Å². The van der Waals surface area contributed by atoms with Gasteiger partial charge in [0, 0.05) is 0 Å². The number of halogens is 3. The minimum absolute atomic E-state index is 0.187. The lowest BCUT2D eigenvalue weighted by Crippen LogP contribution is -2.27. The Morgan fingerprint density at radius 2 is 1.70 bits per heavy atom. The highest BCUT2D eigenvalue weighted by molar-refractivity contribution is 9.10. The largest absolute Gasteiger partial charge is 0.494 e. The summed E-state index contributed by atoms with van der Waals surface area (Å²) < 4.78 is 18.6. The zero-order valence-corrected chi connectivity index (χ0v) is 24.7. The first-order valence-electron chi connectivity index (χ1n) is 11.3. The highest BCUT2D eigenvalue weighted by atomic mass is 79.9. The number of benzene rings is 3. The summed E-state index contributed by atoms with van der Waals surface area (Å²) in [6.07, 6.45) is 1.80. The van der Waals surface area contributed by atoms with Gasteiger partial charge in [0.15, 0.2) is 15.8 Å². The third kappa shape index (κ3) is 6.62. The van der Waals surface area contributed by atoms with Gasteiger partial charge < -0.3 is 14.2 Å². The Morgan fingerprint density at radius 3 is 2.38 bits per heavy atom. The lowest BCUT2D eigenvalue weighted by molar-refractivity contribution is -0.113. The van der Waals surface area contributed by atoms with Gasteiger partial charge in [-0.05, 0) is 95.5 Å². The Balaban J connectivity index is 1.57. The number of ether oxygens (including phenoxy) is 3. The van der Waals surface area contributed by atoms with Crippen LogP contribution in [0.5, 0.6) is 17.2 Å². The van der Waals surface area contributed by atoms with Crippen LogP contribution in [0.1, 0.15) is 25.0 Å². The molecule has 0 N–H and O–H groups in total. The molecule has 0 spiro atoms. The summed E-state index contributed by atoms with van der Waals surface area (Å²) in [5, 5.41) is 0.948. The lowest BCUT2D eigenvalue weighted by Gasteiger charge is -2.15. The van der Waals surface area contributed by atoms with Gasteiger partial charge in [-0.2, -0.15) is 0 Å². The Bertz CT molecular complexity index is 1370. The van der Waals surface area contributed by atoms with Crippen molar-refractivity contribution in [2.24, 2.45) is 0 Å². The SMILES string of the molecule is CCOc1ccc(N2C(=O)/C(=C\c3cc(Br)c(OCc4ccc(Cl)c(Cl)c4)c(OCC)c3)SC2=S)cc1. The Morgan fingerprint density at radius 1 is 0.973 bits per heavy atom. The molecule has 3 aromatic rings. The fourth-order valence-electron chi connectivity index (χ4n) is 3.56. The molecule has 1 saturated heterocycles. The molecule has 0 radical (unpaired) electrons. The summed E-state index contributed by atoms with van der Waals surface area (Å²) in [4.78, 5) is 15.3. The van der Waals surface area contributed by atoms with Gasteiger partial charge in [0.1, 0.15) is 12.4 Å². The van der Waals surface area contributed by atoms with Crippen molar-refractivity contribution in [3.63, 3.8) is 0 Å². The quantitative estimate of drug-likeness (QED) is 0.173. The van der Waals surface area contributed by atoms with Crippen molar-refractivity contribution in [2.75, 3.05) is 18.1 Å². The molecule has 4 rings (SSSR count). The van der Waals surface area contributed by atoms with E-state index in [4.69, 9.17) is 49.6 Å². The molecule has 1 heterocycles. The van der Waals surface area contributed by atoms with E-state index in [1.807, 2.05) is 56.3 Å². The van der Waals surface area contributed by atoms with E-state index < -0.39 is 0 Å². The van der Waals surface area contributed by atoms with Crippen molar-refractivity contribution in [3.8, 4) is 17.2 Å². The number of hydrogen-bond acceptors (Lipinski definition) is 6. The van der Waals surface area contributed by atoms with Crippen molar-refractivity contribution in [3.05, 3.63) is 85.1 Å². The average molecular weight is 639 g/mol. The van der Waals surface area contributed by atoms with Crippen LogP contribution in [0, 0.1) is 0 Å². The fraction of sp³-hybridized carbons (Fsp3) is 0.185. The predicted molar refractivity (Wildman–Crippen MR) is 159 cm³/mol. The molecular weight excluding hydrogens is 617 g/mol. The topological polar surface area (TPSA) is 48.0 Å². The van der Waals surface area contributed by atoms with Gasteiger partial charge >= 0.3 is 0 Å². The molecule has 10 heteroatoms. The minimum atomic E-state index is -0.187. The van der Waals surface area contributed by atoms with Gasteiger partial charge in [-0.1, -0.05) is 53.2 Å². The van der Waals surface area contributed by atoms with Gasteiger partial charge in [0.25, 0.3) is 5.91 Å². The molecule has 37 heavy (non-hydrogen) atoms. The molecule has 1 aliphatic rings. The smallest absolute Gasteiger partial charge is 0.270 e. The number of thiocarbonyl (C=S) groups is 1. The Labute approximate surface area is 243 Å². The van der Waals surface area contributed by atoms with E-state index in [1.165, 1.54) is 16.7 Å². The molecule has 1 amide bonds. The van der Waals surface area contributed by atoms with Crippen LogP contribution < -0.4 is 19.1 Å². The van der Waals surface area contributed by atoms with Gasteiger partial charge in [-0.3, -0.25) is 9.69 Å². The van der Waals surface area contributed by atoms with E-state index in [1.54, 1.807) is 18.2 Å². The molecule has 3 aromatic carbocycles. The first kappa shape index (κ1) is 27.8. The summed E-state index contributed by atoms with van der Waals surface area (Å²) in [6, 6.07) is 16.3. The van der Waals surface area contributed by atoms with Gasteiger partial charge in [0.05, 0.1) is 38.3 Å². The number of anilines is 1. The van der Waals surface area contributed by atoms with Crippen molar-refractivity contribution >= 4 is 85.1 Å². The summed E-state index contributed by atoms with van der Waals surface area (Å²) >= 11 is 22.5. The Hall–Kier alpha value is -2.23. The number of rotatable bonds is 9. The van der Waals surface area contributed by atoms with Crippen LogP contribution >= 0.6 is 63.1 Å². The highest BCUT2D eigenvalue weighted by Crippen LogP contribution is 2.41. The molecule has 0 atom stereocenters. The van der Waals surface area contributed by atoms with Crippen LogP contribution in [0.2, 0.25) is 10.0 Å². The zero-order chi connectivity index (χ0) is 26.5. The number of carbonyl (C=O) groups excluding carboxylic acids is 1. The Kier molecular flexibility index (Phi) is 9.42. The number of nitrogens with zero attached hydrogens (tertiary/aromatic N) is 1. The molecular formula is C27H22BrCl2NO4S2. The van der Waals surface area contributed by atoms with Crippen LogP contribution in [0.25, 0.3) is 6.08 Å². The van der Waals surface area contributed by atoms with Crippen LogP contribution in [-0.2, 0) is 11.4 Å². The van der Waals surface area contributed by atoms with E-state index in [9.17, 15) is 4.79 Å². The second kappa shape index (κ2) is 12.5. The molecule has 0 bridgehead atoms. The van der Waals surface area contributed by atoms with E-state index in [-0.39, 0.29) is 12.5 Å². The first-order valence-corrected chi connectivity index (χ1v) is 14.1. The summed E-state index contributed by atoms with van der Waals surface area (Å²) in [6.45, 7) is 5.10. The monoisotopic (exact) mass is 637 g/mol. The number of carbonyl (C=O) groups is 1. The number of amides is 1. The molecule has 1 aliphatic heterocycles. The second-order valence-corrected chi connectivity index (χ2v) is 11.1. The molecule has 192 valence electrons. The molecule has 0 unspecified atom stereocenters. The van der Waals surface area contributed by atoms with Gasteiger partial charge in [-0.25, -0.2) is 0 Å². The zero-order valence-electron chi connectivity index (χ0n) is 19.9. The summed E-state index contributed by atoms with van der Waals surface area (Å²) in [5.74, 6) is 1.65. The van der Waals surface area contributed by atoms with Gasteiger partial charge in [0.2, 0.25) is 0 Å². The molecule has 0 aliphatic carbocycles. The van der Waals surface area contributed by atoms with Crippen LogP contribution in [0.4, 0.5) is 5.69 Å². The summed E-state index contributed by atoms with van der Waals surface area (Å²) in [7, 11) is 0. The van der Waals surface area contributed by atoms with Crippen LogP contribution in [-0.4, -0.2) is 23.4 Å². The first-order chi connectivity index (χ1) is 17.8. The van der Waals surface area contributed by atoms with Crippen LogP contribution in [0.3, 0.4) is 0 Å². The maximum absolute atomic E-state index is 13.2. The normalized spacial score (nSPS) is 14.4. The standard InChI is InChI=1S/C27H22BrCl2NO4S2/c1-3-33-19-8-6-18(7-9-19)31-26(32)24(37-27(31)36)14-17-11-20(28)25(23(13-17)34-4-2)35-15-16-5-10-21(29)22(30)12-16/h5-14H,3-4,15H2,1-2H3/b24-14+. The summed E-state index contributed by atoms with van der Waals surface area (Å²) in [5.41, 5.74) is 2.33. The maximum Gasteiger partial charge on any atom is 0.270 e. The molecule has 5 nitrogen and oxygen atoms in total.